The molecule has 0 amide bonds. The van der Waals surface area contributed by atoms with Crippen molar-refractivity contribution in [3.8, 4) is 11.5 Å². The van der Waals surface area contributed by atoms with Crippen LogP contribution in [0.2, 0.25) is 0 Å². The average molecular weight is 291 g/mol. The van der Waals surface area contributed by atoms with E-state index in [0.717, 1.165) is 27.1 Å². The molecule has 86 valence electrons. The number of aliphatic hydroxyl groups is 1. The van der Waals surface area contributed by atoms with Crippen LogP contribution in [0.4, 0.5) is 0 Å². The average Bonchev–Trinajstić information content (AvgIpc) is 2.36. The Balaban J connectivity index is 2.19. The van der Waals surface area contributed by atoms with E-state index in [2.05, 4.69) is 15.9 Å². The highest BCUT2D eigenvalue weighted by Crippen LogP contribution is 2.44. The van der Waals surface area contributed by atoms with Crippen molar-refractivity contribution in [2.24, 2.45) is 0 Å². The van der Waals surface area contributed by atoms with Crippen LogP contribution in [0.5, 0.6) is 11.5 Å². The number of ether oxygens (including phenoxy) is 1. The van der Waals surface area contributed by atoms with Crippen molar-refractivity contribution < 1.29 is 9.84 Å². The van der Waals surface area contributed by atoms with Crippen LogP contribution in [0, 0.1) is 0 Å². The number of halogens is 1. The third-order valence-electron chi connectivity index (χ3n) is 3.04. The molecule has 1 heterocycles. The molecule has 1 aliphatic heterocycles. The largest absolute Gasteiger partial charge is 0.457 e. The lowest BCUT2D eigenvalue weighted by atomic mass is 9.89. The molecule has 0 saturated heterocycles. The topological polar surface area (TPSA) is 29.5 Å². The number of hydrogen-bond donors (Lipinski definition) is 1. The maximum absolute atomic E-state index is 9.60. The maximum atomic E-state index is 9.60. The number of hydrogen-bond acceptors (Lipinski definition) is 2. The highest BCUT2D eigenvalue weighted by Gasteiger charge is 2.26. The van der Waals surface area contributed by atoms with Gasteiger partial charge in [-0.15, -0.1) is 0 Å². The summed E-state index contributed by atoms with van der Waals surface area (Å²) in [5.41, 5.74) is 2.07. The minimum Gasteiger partial charge on any atom is -0.457 e. The molecule has 0 saturated carbocycles. The molecule has 0 bridgehead atoms. The summed E-state index contributed by atoms with van der Waals surface area (Å²) in [5, 5.41) is 9.60. The van der Waals surface area contributed by atoms with Crippen LogP contribution >= 0.6 is 15.9 Å². The Labute approximate surface area is 108 Å². The number of fused-ring (bicyclic) bond motifs is 2. The second kappa shape index (κ2) is 4.17. The zero-order chi connectivity index (χ0) is 11.8. The first kappa shape index (κ1) is 10.8. The maximum Gasteiger partial charge on any atom is 0.131 e. The van der Waals surface area contributed by atoms with Gasteiger partial charge in [0.05, 0.1) is 6.61 Å². The molecule has 1 atom stereocenters. The molecular formula is C14H11BrO2. The van der Waals surface area contributed by atoms with Crippen LogP contribution in [0.1, 0.15) is 17.0 Å². The van der Waals surface area contributed by atoms with Crippen molar-refractivity contribution in [1.29, 1.82) is 0 Å². The summed E-state index contributed by atoms with van der Waals surface area (Å²) in [6, 6.07) is 13.7. The van der Waals surface area contributed by atoms with Crippen LogP contribution < -0.4 is 4.74 Å². The number of aliphatic hydroxyl groups excluding tert-OH is 1. The molecule has 0 aliphatic carbocycles. The second-order valence-electron chi connectivity index (χ2n) is 4.06. The van der Waals surface area contributed by atoms with Crippen LogP contribution in [0.25, 0.3) is 0 Å². The quantitative estimate of drug-likeness (QED) is 0.868. The predicted molar refractivity (Wildman–Crippen MR) is 69.6 cm³/mol. The summed E-state index contributed by atoms with van der Waals surface area (Å²) in [5.74, 6) is 1.65. The third kappa shape index (κ3) is 1.75. The van der Waals surface area contributed by atoms with Gasteiger partial charge in [0.15, 0.2) is 0 Å². The third-order valence-corrected chi connectivity index (χ3v) is 3.54. The molecule has 0 spiro atoms. The summed E-state index contributed by atoms with van der Waals surface area (Å²) < 4.78 is 6.83. The monoisotopic (exact) mass is 290 g/mol. The minimum absolute atomic E-state index is 0.00699. The van der Waals surface area contributed by atoms with Gasteiger partial charge in [-0.25, -0.2) is 0 Å². The van der Waals surface area contributed by atoms with E-state index in [9.17, 15) is 5.11 Å². The van der Waals surface area contributed by atoms with Crippen LogP contribution in [-0.2, 0) is 0 Å². The number of benzene rings is 2. The number of rotatable bonds is 1. The van der Waals surface area contributed by atoms with E-state index in [1.54, 1.807) is 0 Å². The Kier molecular flexibility index (Phi) is 2.65. The molecule has 2 aromatic carbocycles. The van der Waals surface area contributed by atoms with E-state index in [-0.39, 0.29) is 12.5 Å². The highest BCUT2D eigenvalue weighted by molar-refractivity contribution is 9.10. The lowest BCUT2D eigenvalue weighted by Gasteiger charge is -2.27. The zero-order valence-corrected chi connectivity index (χ0v) is 10.6. The molecule has 1 N–H and O–H groups in total. The Hall–Kier alpha value is -1.32. The van der Waals surface area contributed by atoms with Crippen LogP contribution in [0.15, 0.2) is 46.9 Å². The first-order valence-electron chi connectivity index (χ1n) is 5.46. The molecule has 1 aliphatic rings. The minimum atomic E-state index is -0.00699. The fraction of sp³-hybridized carbons (Fsp3) is 0.143. The normalized spacial score (nSPS) is 16.9. The highest BCUT2D eigenvalue weighted by atomic mass is 79.9. The standard InChI is InChI=1S/C14H11BrO2/c15-9-5-6-14-11(7-9)12(8-16)10-3-1-2-4-13(10)17-14/h1-7,12,16H,8H2. The van der Waals surface area contributed by atoms with Gasteiger partial charge < -0.3 is 9.84 Å². The van der Waals surface area contributed by atoms with E-state index in [1.165, 1.54) is 0 Å². The van der Waals surface area contributed by atoms with E-state index in [1.807, 2.05) is 42.5 Å². The van der Waals surface area contributed by atoms with Crippen molar-refractivity contribution in [2.75, 3.05) is 6.61 Å². The van der Waals surface area contributed by atoms with Gasteiger partial charge in [0.2, 0.25) is 0 Å². The number of para-hydroxylation sites is 1. The molecule has 3 heteroatoms. The predicted octanol–water partition coefficient (Wildman–Crippen LogP) is 3.68. The van der Waals surface area contributed by atoms with E-state index >= 15 is 0 Å². The van der Waals surface area contributed by atoms with Crippen molar-refractivity contribution in [3.05, 3.63) is 58.1 Å². The first-order chi connectivity index (χ1) is 8.29. The Morgan fingerprint density at radius 2 is 1.82 bits per heavy atom. The van der Waals surface area contributed by atoms with Gasteiger partial charge in [-0.2, -0.15) is 0 Å². The SMILES string of the molecule is OCC1c2ccccc2Oc2ccc(Br)cc21. The summed E-state index contributed by atoms with van der Waals surface area (Å²) in [6.07, 6.45) is 0. The van der Waals surface area contributed by atoms with Gasteiger partial charge >= 0.3 is 0 Å². The first-order valence-corrected chi connectivity index (χ1v) is 6.26. The zero-order valence-electron chi connectivity index (χ0n) is 9.06. The Morgan fingerprint density at radius 1 is 1.06 bits per heavy atom. The summed E-state index contributed by atoms with van der Waals surface area (Å²) >= 11 is 3.45. The fourth-order valence-corrected chi connectivity index (χ4v) is 2.61. The van der Waals surface area contributed by atoms with Gasteiger partial charge in [-0.3, -0.25) is 0 Å². The molecule has 2 aromatic rings. The van der Waals surface area contributed by atoms with Gasteiger partial charge in [-0.05, 0) is 24.3 Å². The van der Waals surface area contributed by atoms with Gasteiger partial charge in [0.1, 0.15) is 11.5 Å². The van der Waals surface area contributed by atoms with Crippen molar-refractivity contribution in [3.63, 3.8) is 0 Å². The fourth-order valence-electron chi connectivity index (χ4n) is 2.23. The van der Waals surface area contributed by atoms with Gasteiger partial charge in [0, 0.05) is 21.5 Å². The smallest absolute Gasteiger partial charge is 0.131 e. The Bertz CT molecular complexity index is 566. The van der Waals surface area contributed by atoms with Crippen molar-refractivity contribution in [1.82, 2.24) is 0 Å². The summed E-state index contributed by atoms with van der Waals surface area (Å²) in [7, 11) is 0. The van der Waals surface area contributed by atoms with E-state index in [4.69, 9.17) is 4.74 Å². The molecule has 3 rings (SSSR count). The molecule has 0 radical (unpaired) electrons. The Morgan fingerprint density at radius 3 is 2.65 bits per heavy atom. The second-order valence-corrected chi connectivity index (χ2v) is 4.97. The summed E-state index contributed by atoms with van der Waals surface area (Å²) in [6.45, 7) is 0.0871. The lowest BCUT2D eigenvalue weighted by molar-refractivity contribution is 0.271. The van der Waals surface area contributed by atoms with E-state index in [0.29, 0.717) is 0 Å². The molecule has 2 nitrogen and oxygen atoms in total. The van der Waals surface area contributed by atoms with Gasteiger partial charge in [-0.1, -0.05) is 34.1 Å². The van der Waals surface area contributed by atoms with Crippen LogP contribution in [0.3, 0.4) is 0 Å². The molecular weight excluding hydrogens is 280 g/mol. The summed E-state index contributed by atoms with van der Waals surface area (Å²) in [4.78, 5) is 0. The molecule has 17 heavy (non-hydrogen) atoms. The van der Waals surface area contributed by atoms with Crippen molar-refractivity contribution >= 4 is 15.9 Å². The van der Waals surface area contributed by atoms with Gasteiger partial charge in [0.25, 0.3) is 0 Å². The molecule has 0 aromatic heterocycles. The van der Waals surface area contributed by atoms with Crippen LogP contribution in [-0.4, -0.2) is 11.7 Å². The molecule has 0 fully saturated rings. The van der Waals surface area contributed by atoms with E-state index < -0.39 is 0 Å². The lowest BCUT2D eigenvalue weighted by Crippen LogP contribution is -2.13. The molecule has 1 unspecified atom stereocenters. The van der Waals surface area contributed by atoms with Crippen molar-refractivity contribution in [2.45, 2.75) is 5.92 Å².